The smallest absolute Gasteiger partial charge is 0.326 e. The molecule has 0 spiro atoms. The van der Waals surface area contributed by atoms with Crippen molar-refractivity contribution in [1.29, 1.82) is 0 Å². The van der Waals surface area contributed by atoms with Crippen LogP contribution >= 0.6 is 0 Å². The van der Waals surface area contributed by atoms with E-state index in [-0.39, 0.29) is 18.9 Å². The van der Waals surface area contributed by atoms with Gasteiger partial charge in [0.1, 0.15) is 6.04 Å². The Morgan fingerprint density at radius 2 is 2.10 bits per heavy atom. The topological polar surface area (TPSA) is 105 Å². The van der Waals surface area contributed by atoms with Crippen LogP contribution in [0, 0.1) is 0 Å². The summed E-state index contributed by atoms with van der Waals surface area (Å²) in [6.07, 6.45) is 0.646. The van der Waals surface area contributed by atoms with Gasteiger partial charge in [-0.2, -0.15) is 0 Å². The van der Waals surface area contributed by atoms with E-state index in [4.69, 9.17) is 9.84 Å². The molecule has 0 bridgehead atoms. The highest BCUT2D eigenvalue weighted by Crippen LogP contribution is 2.12. The van der Waals surface area contributed by atoms with E-state index in [1.54, 1.807) is 7.11 Å². The Hall–Kier alpha value is -1.83. The number of methoxy groups -OCH3 is 2. The van der Waals surface area contributed by atoms with Crippen molar-refractivity contribution in [3.63, 3.8) is 0 Å². The molecule has 1 aliphatic heterocycles. The summed E-state index contributed by atoms with van der Waals surface area (Å²) in [5.41, 5.74) is 0. The van der Waals surface area contributed by atoms with Crippen molar-refractivity contribution in [3.8, 4) is 0 Å². The third-order valence-electron chi connectivity index (χ3n) is 3.23. The normalized spacial score (nSPS) is 19.5. The first-order valence-corrected chi connectivity index (χ1v) is 6.35. The van der Waals surface area contributed by atoms with Crippen molar-refractivity contribution in [1.82, 2.24) is 10.2 Å². The number of likely N-dealkylation sites (tertiary alicyclic amines) is 1. The zero-order valence-corrected chi connectivity index (χ0v) is 11.6. The van der Waals surface area contributed by atoms with Gasteiger partial charge in [0.05, 0.1) is 13.2 Å². The van der Waals surface area contributed by atoms with Crippen molar-refractivity contribution in [2.24, 2.45) is 0 Å². The highest BCUT2D eigenvalue weighted by molar-refractivity contribution is 5.83. The molecule has 2 atom stereocenters. The summed E-state index contributed by atoms with van der Waals surface area (Å²) in [5, 5.41) is 11.4. The molecule has 20 heavy (non-hydrogen) atoms. The van der Waals surface area contributed by atoms with Crippen LogP contribution in [0.1, 0.15) is 19.3 Å². The Morgan fingerprint density at radius 3 is 2.60 bits per heavy atom. The number of aliphatic carboxylic acids is 1. The Labute approximate surface area is 117 Å². The van der Waals surface area contributed by atoms with Gasteiger partial charge in [-0.3, -0.25) is 4.79 Å². The molecule has 2 N–H and O–H groups in total. The lowest BCUT2D eigenvalue weighted by Crippen LogP contribution is -2.47. The van der Waals surface area contributed by atoms with Gasteiger partial charge >= 0.3 is 18.0 Å². The number of urea groups is 1. The fourth-order valence-electron chi connectivity index (χ4n) is 1.97. The van der Waals surface area contributed by atoms with E-state index in [1.165, 1.54) is 12.0 Å². The van der Waals surface area contributed by atoms with Crippen molar-refractivity contribution in [2.75, 3.05) is 27.3 Å². The standard InChI is InChI=1S/C12H20N2O6/c1-19-8-5-6-14(7-8)12(18)13-9(11(16)17)3-4-10(15)20-2/h8-9H,3-7H2,1-2H3,(H,13,18)(H,16,17)/t8?,9-/m0/s1. The van der Waals surface area contributed by atoms with Gasteiger partial charge in [-0.25, -0.2) is 9.59 Å². The minimum absolute atomic E-state index is 0.00467. The summed E-state index contributed by atoms with van der Waals surface area (Å²) < 4.78 is 9.58. The van der Waals surface area contributed by atoms with Crippen LogP contribution in [0.4, 0.5) is 4.79 Å². The zero-order chi connectivity index (χ0) is 15.1. The number of hydrogen-bond donors (Lipinski definition) is 2. The fourth-order valence-corrected chi connectivity index (χ4v) is 1.97. The quantitative estimate of drug-likeness (QED) is 0.657. The van der Waals surface area contributed by atoms with Gasteiger partial charge in [-0.15, -0.1) is 0 Å². The lowest BCUT2D eigenvalue weighted by atomic mass is 10.1. The SMILES string of the molecule is COC(=O)CC[C@H](NC(=O)N1CCC(OC)C1)C(=O)O. The Bertz CT molecular complexity index is 373. The second kappa shape index (κ2) is 7.68. The first-order valence-electron chi connectivity index (χ1n) is 6.35. The summed E-state index contributed by atoms with van der Waals surface area (Å²) >= 11 is 0. The van der Waals surface area contributed by atoms with Crippen LogP contribution in [0.2, 0.25) is 0 Å². The third kappa shape index (κ3) is 4.69. The van der Waals surface area contributed by atoms with Gasteiger partial charge in [0, 0.05) is 26.6 Å². The number of rotatable bonds is 6. The molecule has 1 saturated heterocycles. The van der Waals surface area contributed by atoms with Crippen LogP contribution in [0.15, 0.2) is 0 Å². The van der Waals surface area contributed by atoms with Crippen LogP contribution in [0.25, 0.3) is 0 Å². The van der Waals surface area contributed by atoms with Gasteiger partial charge in [-0.1, -0.05) is 0 Å². The van der Waals surface area contributed by atoms with Gasteiger partial charge in [0.15, 0.2) is 0 Å². The van der Waals surface area contributed by atoms with E-state index < -0.39 is 24.0 Å². The highest BCUT2D eigenvalue weighted by atomic mass is 16.5. The number of carboxylic acid groups (broad SMARTS) is 1. The molecule has 1 unspecified atom stereocenters. The van der Waals surface area contributed by atoms with Gasteiger partial charge < -0.3 is 24.8 Å². The number of ether oxygens (including phenoxy) is 2. The number of nitrogens with zero attached hydrogens (tertiary/aromatic N) is 1. The van der Waals surface area contributed by atoms with Crippen LogP contribution < -0.4 is 5.32 Å². The molecular weight excluding hydrogens is 268 g/mol. The van der Waals surface area contributed by atoms with Gasteiger partial charge in [-0.05, 0) is 12.8 Å². The summed E-state index contributed by atoms with van der Waals surface area (Å²) in [6.45, 7) is 0.958. The second-order valence-electron chi connectivity index (χ2n) is 4.55. The van der Waals surface area contributed by atoms with E-state index in [0.717, 1.165) is 6.42 Å². The molecule has 1 fully saturated rings. The monoisotopic (exact) mass is 288 g/mol. The molecular formula is C12H20N2O6. The van der Waals surface area contributed by atoms with Crippen LogP contribution in [0.5, 0.6) is 0 Å². The molecule has 1 rings (SSSR count). The zero-order valence-electron chi connectivity index (χ0n) is 11.6. The molecule has 1 heterocycles. The van der Waals surface area contributed by atoms with E-state index in [1.807, 2.05) is 0 Å². The first-order chi connectivity index (χ1) is 9.47. The number of amides is 2. The van der Waals surface area contributed by atoms with Crippen molar-refractivity contribution in [3.05, 3.63) is 0 Å². The number of carbonyl (C=O) groups excluding carboxylic acids is 2. The third-order valence-corrected chi connectivity index (χ3v) is 3.23. The molecule has 0 saturated carbocycles. The first kappa shape index (κ1) is 16.2. The summed E-state index contributed by atoms with van der Waals surface area (Å²) in [5.74, 6) is -1.68. The summed E-state index contributed by atoms with van der Waals surface area (Å²) in [7, 11) is 2.80. The van der Waals surface area contributed by atoms with E-state index in [9.17, 15) is 14.4 Å². The molecule has 114 valence electrons. The summed E-state index contributed by atoms with van der Waals surface area (Å²) in [4.78, 5) is 35.5. The minimum Gasteiger partial charge on any atom is -0.480 e. The predicted molar refractivity (Wildman–Crippen MR) is 68.2 cm³/mol. The van der Waals surface area contributed by atoms with Crippen LogP contribution in [-0.2, 0) is 19.1 Å². The number of hydrogen-bond acceptors (Lipinski definition) is 5. The van der Waals surface area contributed by atoms with Crippen molar-refractivity contribution in [2.45, 2.75) is 31.4 Å². The van der Waals surface area contributed by atoms with Gasteiger partial charge in [0.25, 0.3) is 0 Å². The predicted octanol–water partition coefficient (Wildman–Crippen LogP) is -0.177. The van der Waals surface area contributed by atoms with Crippen molar-refractivity contribution < 1.29 is 29.0 Å². The largest absolute Gasteiger partial charge is 0.480 e. The van der Waals surface area contributed by atoms with E-state index in [0.29, 0.717) is 13.1 Å². The molecule has 1 aliphatic rings. The number of nitrogens with one attached hydrogen (secondary N) is 1. The molecule has 2 amide bonds. The van der Waals surface area contributed by atoms with Crippen molar-refractivity contribution >= 4 is 18.0 Å². The average molecular weight is 288 g/mol. The minimum atomic E-state index is -1.18. The Morgan fingerprint density at radius 1 is 1.40 bits per heavy atom. The fraction of sp³-hybridized carbons (Fsp3) is 0.750. The number of esters is 1. The maximum Gasteiger partial charge on any atom is 0.326 e. The molecule has 0 aromatic rings. The molecule has 0 aliphatic carbocycles. The molecule has 8 heteroatoms. The Kier molecular flexibility index (Phi) is 6.23. The maximum absolute atomic E-state index is 11.9. The average Bonchev–Trinajstić information content (AvgIpc) is 2.91. The van der Waals surface area contributed by atoms with Crippen LogP contribution in [-0.4, -0.2) is 67.4 Å². The number of carboxylic acids is 1. The maximum atomic E-state index is 11.9. The van der Waals surface area contributed by atoms with E-state index in [2.05, 4.69) is 10.1 Å². The molecule has 8 nitrogen and oxygen atoms in total. The van der Waals surface area contributed by atoms with Gasteiger partial charge in [0.2, 0.25) is 0 Å². The second-order valence-corrected chi connectivity index (χ2v) is 4.55. The molecule has 0 radical (unpaired) electrons. The molecule has 0 aromatic heterocycles. The lowest BCUT2D eigenvalue weighted by Gasteiger charge is -2.20. The lowest BCUT2D eigenvalue weighted by molar-refractivity contribution is -0.142. The molecule has 0 aromatic carbocycles. The number of carbonyl (C=O) groups is 3. The van der Waals surface area contributed by atoms with E-state index >= 15 is 0 Å². The van der Waals surface area contributed by atoms with Crippen LogP contribution in [0.3, 0.4) is 0 Å². The Balaban J connectivity index is 2.47. The summed E-state index contributed by atoms with van der Waals surface area (Å²) in [6, 6.07) is -1.56. The highest BCUT2D eigenvalue weighted by Gasteiger charge is 2.29.